The van der Waals surface area contributed by atoms with Crippen LogP contribution in [0.2, 0.25) is 0 Å². The van der Waals surface area contributed by atoms with E-state index in [4.69, 9.17) is 4.55 Å². The third-order valence-electron chi connectivity index (χ3n) is 2.62. The second-order valence-electron chi connectivity index (χ2n) is 4.19. The Labute approximate surface area is 134 Å². The van der Waals surface area contributed by atoms with Gasteiger partial charge in [-0.3, -0.25) is 4.55 Å². The molecule has 1 N–H and O–H groups in total. The van der Waals surface area contributed by atoms with Gasteiger partial charge in [0.1, 0.15) is 0 Å². The van der Waals surface area contributed by atoms with E-state index in [0.717, 1.165) is 12.0 Å². The standard InChI is InChI=1S/C12H13F2IO5S/c1-2-10(15)8-3-5-9(6-4-8)11(16)20-7-12(13,14)21(17,18)19/h3-6,10H,2,7H2,1H3,(H,17,18,19). The average Bonchev–Trinajstić information content (AvgIpc) is 2.43. The molecule has 0 radical (unpaired) electrons. The van der Waals surface area contributed by atoms with Crippen molar-refractivity contribution in [1.82, 2.24) is 0 Å². The molecule has 0 spiro atoms. The minimum absolute atomic E-state index is 0.0181. The second-order valence-corrected chi connectivity index (χ2v) is 7.24. The Hall–Kier alpha value is -0.810. The van der Waals surface area contributed by atoms with Crippen LogP contribution in [0.1, 0.15) is 33.2 Å². The first kappa shape index (κ1) is 18.2. The molecule has 21 heavy (non-hydrogen) atoms. The lowest BCUT2D eigenvalue weighted by molar-refractivity contribution is -0.00950. The van der Waals surface area contributed by atoms with Gasteiger partial charge in [0, 0.05) is 3.92 Å². The lowest BCUT2D eigenvalue weighted by atomic mass is 10.1. The third-order valence-corrected chi connectivity index (χ3v) is 5.09. The van der Waals surface area contributed by atoms with Gasteiger partial charge in [-0.25, -0.2) is 4.79 Å². The van der Waals surface area contributed by atoms with Gasteiger partial charge >= 0.3 is 21.3 Å². The lowest BCUT2D eigenvalue weighted by Gasteiger charge is -2.13. The molecule has 1 atom stereocenters. The monoisotopic (exact) mass is 434 g/mol. The van der Waals surface area contributed by atoms with E-state index >= 15 is 0 Å². The van der Waals surface area contributed by atoms with E-state index in [9.17, 15) is 22.0 Å². The molecule has 0 heterocycles. The van der Waals surface area contributed by atoms with E-state index in [2.05, 4.69) is 27.3 Å². The highest BCUT2D eigenvalue weighted by molar-refractivity contribution is 14.1. The molecule has 0 aliphatic rings. The molecule has 0 bridgehead atoms. The molecule has 5 nitrogen and oxygen atoms in total. The van der Waals surface area contributed by atoms with Crippen molar-refractivity contribution in [1.29, 1.82) is 0 Å². The maximum Gasteiger partial charge on any atom is 0.402 e. The minimum Gasteiger partial charge on any atom is -0.454 e. The van der Waals surface area contributed by atoms with Crippen LogP contribution in [0.3, 0.4) is 0 Å². The number of halogens is 3. The van der Waals surface area contributed by atoms with Crippen molar-refractivity contribution in [3.8, 4) is 0 Å². The van der Waals surface area contributed by atoms with Crippen LogP contribution in [0.15, 0.2) is 24.3 Å². The predicted octanol–water partition coefficient (Wildman–Crippen LogP) is 3.21. The normalized spacial score (nSPS) is 13.8. The summed E-state index contributed by atoms with van der Waals surface area (Å²) in [6, 6.07) is 6.14. The minimum atomic E-state index is -5.61. The first-order valence-electron chi connectivity index (χ1n) is 5.84. The van der Waals surface area contributed by atoms with Crippen LogP contribution in [0.25, 0.3) is 0 Å². The number of carbonyl (C=O) groups is 1. The molecule has 1 aromatic rings. The van der Waals surface area contributed by atoms with Gasteiger partial charge in [-0.15, -0.1) is 0 Å². The molecule has 0 aliphatic carbocycles. The number of hydrogen-bond acceptors (Lipinski definition) is 4. The molecular formula is C12H13F2IO5S. The fourth-order valence-corrected chi connectivity index (χ4v) is 1.99. The topological polar surface area (TPSA) is 80.7 Å². The molecule has 0 saturated heterocycles. The lowest BCUT2D eigenvalue weighted by Crippen LogP contribution is -2.34. The Bertz CT molecular complexity index is 601. The van der Waals surface area contributed by atoms with Crippen LogP contribution in [0.4, 0.5) is 8.78 Å². The van der Waals surface area contributed by atoms with Gasteiger partial charge in [0.15, 0.2) is 6.61 Å². The molecule has 1 rings (SSSR count). The molecule has 1 unspecified atom stereocenters. The number of carbonyl (C=O) groups excluding carboxylic acids is 1. The maximum absolute atomic E-state index is 12.9. The molecule has 9 heteroatoms. The highest BCUT2D eigenvalue weighted by Crippen LogP contribution is 2.27. The van der Waals surface area contributed by atoms with Crippen molar-refractivity contribution in [3.05, 3.63) is 35.4 Å². The van der Waals surface area contributed by atoms with Gasteiger partial charge in [0.2, 0.25) is 0 Å². The number of hydrogen-bond donors (Lipinski definition) is 1. The number of ether oxygens (including phenoxy) is 1. The first-order valence-corrected chi connectivity index (χ1v) is 8.53. The fourth-order valence-electron chi connectivity index (χ4n) is 1.37. The Morgan fingerprint density at radius 3 is 2.33 bits per heavy atom. The quantitative estimate of drug-likeness (QED) is 0.322. The Morgan fingerprint density at radius 2 is 1.90 bits per heavy atom. The molecular weight excluding hydrogens is 421 g/mol. The largest absolute Gasteiger partial charge is 0.454 e. The number of rotatable bonds is 6. The van der Waals surface area contributed by atoms with Crippen molar-refractivity contribution in [2.24, 2.45) is 0 Å². The fraction of sp³-hybridized carbons (Fsp3) is 0.417. The Kier molecular flexibility index (Phi) is 6.05. The third kappa shape index (κ3) is 4.85. The number of benzene rings is 1. The van der Waals surface area contributed by atoms with Crippen molar-refractivity contribution in [2.45, 2.75) is 22.5 Å². The van der Waals surface area contributed by atoms with E-state index in [0.29, 0.717) is 0 Å². The first-order chi connectivity index (χ1) is 9.58. The molecule has 0 aliphatic heterocycles. The zero-order chi connectivity index (χ0) is 16.3. The number of esters is 1. The van der Waals surface area contributed by atoms with E-state index in [1.165, 1.54) is 12.1 Å². The van der Waals surface area contributed by atoms with Crippen LogP contribution in [-0.2, 0) is 14.9 Å². The Morgan fingerprint density at radius 1 is 1.38 bits per heavy atom. The molecule has 0 aromatic heterocycles. The SMILES string of the molecule is CCC(I)c1ccc(C(=O)OCC(F)(F)S(=O)(=O)O)cc1. The van der Waals surface area contributed by atoms with Gasteiger partial charge in [-0.2, -0.15) is 17.2 Å². The average molecular weight is 434 g/mol. The summed E-state index contributed by atoms with van der Waals surface area (Å²) >= 11 is 2.23. The molecule has 0 saturated carbocycles. The van der Waals surface area contributed by atoms with Crippen molar-refractivity contribution in [3.63, 3.8) is 0 Å². The van der Waals surface area contributed by atoms with Gasteiger partial charge in [-0.05, 0) is 24.1 Å². The highest BCUT2D eigenvalue weighted by atomic mass is 127. The highest BCUT2D eigenvalue weighted by Gasteiger charge is 2.45. The molecule has 1 aromatic carbocycles. The van der Waals surface area contributed by atoms with Gasteiger partial charge < -0.3 is 4.74 Å². The summed E-state index contributed by atoms with van der Waals surface area (Å²) in [4.78, 5) is 11.5. The summed E-state index contributed by atoms with van der Waals surface area (Å²) in [6.07, 6.45) is 0.894. The van der Waals surface area contributed by atoms with E-state index in [1.807, 2.05) is 6.92 Å². The summed E-state index contributed by atoms with van der Waals surface area (Å²) in [6.45, 7) is 0.257. The van der Waals surface area contributed by atoms with Crippen molar-refractivity contribution in [2.75, 3.05) is 6.61 Å². The van der Waals surface area contributed by atoms with Crippen molar-refractivity contribution < 1.29 is 31.3 Å². The summed E-state index contributed by atoms with van der Waals surface area (Å²) in [5.74, 6) is -1.09. The molecule has 118 valence electrons. The predicted molar refractivity (Wildman–Crippen MR) is 80.3 cm³/mol. The van der Waals surface area contributed by atoms with E-state index in [-0.39, 0.29) is 9.49 Å². The smallest absolute Gasteiger partial charge is 0.402 e. The summed E-state index contributed by atoms with van der Waals surface area (Å²) in [5, 5.41) is -4.53. The summed E-state index contributed by atoms with van der Waals surface area (Å²) in [5.41, 5.74) is 0.988. The summed E-state index contributed by atoms with van der Waals surface area (Å²) in [7, 11) is -5.61. The second kappa shape index (κ2) is 6.97. The molecule has 0 fully saturated rings. The zero-order valence-corrected chi connectivity index (χ0v) is 13.9. The van der Waals surface area contributed by atoms with Crippen LogP contribution < -0.4 is 0 Å². The summed E-state index contributed by atoms with van der Waals surface area (Å²) < 4.78 is 59.3. The van der Waals surface area contributed by atoms with Gasteiger partial charge in [-0.1, -0.05) is 41.6 Å². The van der Waals surface area contributed by atoms with Crippen LogP contribution in [-0.4, -0.2) is 30.8 Å². The van der Waals surface area contributed by atoms with Crippen molar-refractivity contribution >= 4 is 38.7 Å². The van der Waals surface area contributed by atoms with Gasteiger partial charge in [0.25, 0.3) is 0 Å². The molecule has 0 amide bonds. The van der Waals surface area contributed by atoms with E-state index < -0.39 is 27.9 Å². The van der Waals surface area contributed by atoms with Crippen LogP contribution in [0, 0.1) is 0 Å². The van der Waals surface area contributed by atoms with E-state index in [1.54, 1.807) is 12.1 Å². The number of alkyl halides is 3. The maximum atomic E-state index is 12.9. The zero-order valence-electron chi connectivity index (χ0n) is 10.9. The van der Waals surface area contributed by atoms with Crippen LogP contribution >= 0.6 is 22.6 Å². The Balaban J connectivity index is 2.73. The van der Waals surface area contributed by atoms with Crippen LogP contribution in [0.5, 0.6) is 0 Å². The van der Waals surface area contributed by atoms with Gasteiger partial charge in [0.05, 0.1) is 5.56 Å².